The third kappa shape index (κ3) is 4.20. The molecule has 6 heteroatoms. The van der Waals surface area contributed by atoms with Crippen LogP contribution in [0.4, 0.5) is 5.69 Å². The maximum atomic E-state index is 6.35. The molecule has 21 heavy (non-hydrogen) atoms. The Kier molecular flexibility index (Phi) is 6.04. The zero-order chi connectivity index (χ0) is 15.1. The van der Waals surface area contributed by atoms with Crippen molar-refractivity contribution in [1.82, 2.24) is 9.55 Å². The Bertz CT molecular complexity index is 545. The van der Waals surface area contributed by atoms with Crippen LogP contribution in [0.2, 0.25) is 5.02 Å². The van der Waals surface area contributed by atoms with Gasteiger partial charge < -0.3 is 20.4 Å². The van der Waals surface area contributed by atoms with E-state index >= 15 is 0 Å². The van der Waals surface area contributed by atoms with Crippen molar-refractivity contribution >= 4 is 17.3 Å². The number of hydrogen-bond donors (Lipinski definition) is 2. The Morgan fingerprint density at radius 1 is 1.48 bits per heavy atom. The van der Waals surface area contributed by atoms with Crippen LogP contribution in [0.25, 0.3) is 5.69 Å². The number of ether oxygens (including phenoxy) is 1. The molecule has 3 N–H and O–H groups in total. The maximum Gasteiger partial charge on any atom is 0.0992 e. The van der Waals surface area contributed by atoms with Crippen molar-refractivity contribution in [2.24, 2.45) is 5.73 Å². The average Bonchev–Trinajstić information content (AvgIpc) is 2.99. The fraction of sp³-hybridized carbons (Fsp3) is 0.400. The second-order valence-electron chi connectivity index (χ2n) is 4.83. The Hall–Kier alpha value is -1.56. The van der Waals surface area contributed by atoms with Gasteiger partial charge in [-0.05, 0) is 31.5 Å². The van der Waals surface area contributed by atoms with Crippen molar-refractivity contribution in [2.75, 3.05) is 25.6 Å². The van der Waals surface area contributed by atoms with E-state index in [2.05, 4.69) is 10.3 Å². The minimum absolute atomic E-state index is 0.194. The summed E-state index contributed by atoms with van der Waals surface area (Å²) >= 11 is 6.35. The normalized spacial score (nSPS) is 12.3. The summed E-state index contributed by atoms with van der Waals surface area (Å²) in [5.74, 6) is 0. The SMILES string of the molecule is COCC(CCCN)Nc1cccc(Cl)c1-n1ccnc1. The highest BCUT2D eigenvalue weighted by Gasteiger charge is 2.13. The van der Waals surface area contributed by atoms with Gasteiger partial charge in [0.1, 0.15) is 0 Å². The second kappa shape index (κ2) is 8.02. The molecule has 0 aliphatic rings. The number of aromatic nitrogens is 2. The van der Waals surface area contributed by atoms with Crippen LogP contribution in [0, 0.1) is 0 Å². The molecule has 1 heterocycles. The number of imidazole rings is 1. The van der Waals surface area contributed by atoms with E-state index < -0.39 is 0 Å². The largest absolute Gasteiger partial charge is 0.383 e. The number of para-hydroxylation sites is 1. The number of nitrogens with two attached hydrogens (primary N) is 1. The molecule has 1 atom stereocenters. The Labute approximate surface area is 130 Å². The van der Waals surface area contributed by atoms with Gasteiger partial charge in [-0.2, -0.15) is 0 Å². The fourth-order valence-corrected chi connectivity index (χ4v) is 2.54. The van der Waals surface area contributed by atoms with Crippen LogP contribution in [0.3, 0.4) is 0 Å². The van der Waals surface area contributed by atoms with E-state index in [1.165, 1.54) is 0 Å². The summed E-state index contributed by atoms with van der Waals surface area (Å²) in [6.07, 6.45) is 7.23. The van der Waals surface area contributed by atoms with Crippen molar-refractivity contribution < 1.29 is 4.74 Å². The van der Waals surface area contributed by atoms with Crippen LogP contribution in [0.1, 0.15) is 12.8 Å². The molecule has 0 amide bonds. The van der Waals surface area contributed by atoms with Crippen LogP contribution < -0.4 is 11.1 Å². The van der Waals surface area contributed by atoms with E-state index in [9.17, 15) is 0 Å². The molecule has 0 saturated carbocycles. The van der Waals surface area contributed by atoms with Gasteiger partial charge in [-0.3, -0.25) is 0 Å². The fourth-order valence-electron chi connectivity index (χ4n) is 2.27. The minimum Gasteiger partial charge on any atom is -0.383 e. The highest BCUT2D eigenvalue weighted by atomic mass is 35.5. The molecule has 2 rings (SSSR count). The third-order valence-electron chi connectivity index (χ3n) is 3.23. The lowest BCUT2D eigenvalue weighted by Gasteiger charge is -2.21. The molecular weight excluding hydrogens is 288 g/mol. The summed E-state index contributed by atoms with van der Waals surface area (Å²) in [6, 6.07) is 6.00. The molecule has 2 aromatic rings. The maximum absolute atomic E-state index is 6.35. The van der Waals surface area contributed by atoms with Gasteiger partial charge in [-0.1, -0.05) is 17.7 Å². The van der Waals surface area contributed by atoms with Crippen LogP contribution in [-0.4, -0.2) is 35.9 Å². The number of methoxy groups -OCH3 is 1. The lowest BCUT2D eigenvalue weighted by atomic mass is 10.1. The number of halogens is 1. The highest BCUT2D eigenvalue weighted by molar-refractivity contribution is 6.33. The van der Waals surface area contributed by atoms with Crippen molar-refractivity contribution in [1.29, 1.82) is 0 Å². The van der Waals surface area contributed by atoms with E-state index in [-0.39, 0.29) is 6.04 Å². The predicted molar refractivity (Wildman–Crippen MR) is 86.1 cm³/mol. The topological polar surface area (TPSA) is 65.1 Å². The molecule has 0 aliphatic carbocycles. The number of benzene rings is 1. The zero-order valence-electron chi connectivity index (χ0n) is 12.1. The van der Waals surface area contributed by atoms with Gasteiger partial charge in [-0.25, -0.2) is 4.98 Å². The second-order valence-corrected chi connectivity index (χ2v) is 5.24. The Balaban J connectivity index is 2.24. The van der Waals surface area contributed by atoms with E-state index in [1.807, 2.05) is 29.0 Å². The van der Waals surface area contributed by atoms with Gasteiger partial charge in [0, 0.05) is 25.5 Å². The third-order valence-corrected chi connectivity index (χ3v) is 3.54. The summed E-state index contributed by atoms with van der Waals surface area (Å²) in [5, 5.41) is 4.17. The standard InChI is InChI=1S/C15H21ClN4O/c1-21-10-12(4-3-7-17)19-14-6-2-5-13(16)15(14)20-9-8-18-11-20/h2,5-6,8-9,11-12,19H,3-4,7,10,17H2,1H3. The Morgan fingerprint density at radius 3 is 3.00 bits per heavy atom. The summed E-state index contributed by atoms with van der Waals surface area (Å²) in [6.45, 7) is 1.29. The number of anilines is 1. The van der Waals surface area contributed by atoms with E-state index in [0.717, 1.165) is 24.2 Å². The predicted octanol–water partition coefficient (Wildman–Crippen LogP) is 2.69. The first-order valence-corrected chi connectivity index (χ1v) is 7.36. The van der Waals surface area contributed by atoms with E-state index in [1.54, 1.807) is 19.6 Å². The smallest absolute Gasteiger partial charge is 0.0992 e. The summed E-state index contributed by atoms with van der Waals surface area (Å²) in [4.78, 5) is 4.08. The molecule has 0 aliphatic heterocycles. The molecule has 1 unspecified atom stereocenters. The van der Waals surface area contributed by atoms with Gasteiger partial charge in [0.15, 0.2) is 0 Å². The first-order valence-electron chi connectivity index (χ1n) is 6.98. The van der Waals surface area contributed by atoms with Gasteiger partial charge in [-0.15, -0.1) is 0 Å². The summed E-state index contributed by atoms with van der Waals surface area (Å²) < 4.78 is 7.18. The molecule has 0 spiro atoms. The molecule has 1 aromatic heterocycles. The number of nitrogens with one attached hydrogen (secondary N) is 1. The lowest BCUT2D eigenvalue weighted by molar-refractivity contribution is 0.182. The molecule has 0 saturated heterocycles. The van der Waals surface area contributed by atoms with Crippen LogP contribution >= 0.6 is 11.6 Å². The molecule has 114 valence electrons. The van der Waals surface area contributed by atoms with Gasteiger partial charge >= 0.3 is 0 Å². The highest BCUT2D eigenvalue weighted by Crippen LogP contribution is 2.29. The van der Waals surface area contributed by atoms with Crippen LogP contribution in [0.5, 0.6) is 0 Å². The van der Waals surface area contributed by atoms with Crippen LogP contribution in [-0.2, 0) is 4.74 Å². The monoisotopic (exact) mass is 308 g/mol. The molecule has 0 fully saturated rings. The molecule has 5 nitrogen and oxygen atoms in total. The van der Waals surface area contributed by atoms with Crippen molar-refractivity contribution in [3.8, 4) is 5.69 Å². The Morgan fingerprint density at radius 2 is 2.33 bits per heavy atom. The van der Waals surface area contributed by atoms with Crippen molar-refractivity contribution in [2.45, 2.75) is 18.9 Å². The quantitative estimate of drug-likeness (QED) is 0.787. The van der Waals surface area contributed by atoms with Crippen LogP contribution in [0.15, 0.2) is 36.9 Å². The summed E-state index contributed by atoms with van der Waals surface area (Å²) in [5.41, 5.74) is 7.45. The van der Waals surface area contributed by atoms with Gasteiger partial charge in [0.05, 0.1) is 29.3 Å². The molecular formula is C15H21ClN4O. The number of hydrogen-bond acceptors (Lipinski definition) is 4. The molecule has 0 radical (unpaired) electrons. The minimum atomic E-state index is 0.194. The van der Waals surface area contributed by atoms with E-state index in [0.29, 0.717) is 18.2 Å². The number of nitrogens with zero attached hydrogens (tertiary/aromatic N) is 2. The summed E-state index contributed by atoms with van der Waals surface area (Å²) in [7, 11) is 1.70. The lowest BCUT2D eigenvalue weighted by Crippen LogP contribution is -2.26. The van der Waals surface area contributed by atoms with Gasteiger partial charge in [0.2, 0.25) is 0 Å². The average molecular weight is 309 g/mol. The molecule has 0 bridgehead atoms. The van der Waals surface area contributed by atoms with E-state index in [4.69, 9.17) is 22.1 Å². The van der Waals surface area contributed by atoms with Gasteiger partial charge in [0.25, 0.3) is 0 Å². The zero-order valence-corrected chi connectivity index (χ0v) is 12.9. The molecule has 1 aromatic carbocycles. The van der Waals surface area contributed by atoms with Crippen molar-refractivity contribution in [3.05, 3.63) is 41.9 Å². The van der Waals surface area contributed by atoms with Crippen molar-refractivity contribution in [3.63, 3.8) is 0 Å². The first-order chi connectivity index (χ1) is 10.3. The number of rotatable bonds is 8. The first kappa shape index (κ1) is 15.8.